The van der Waals surface area contributed by atoms with Gasteiger partial charge in [-0.25, -0.2) is 0 Å². The van der Waals surface area contributed by atoms with Crippen LogP contribution in [-0.4, -0.2) is 19.1 Å². The van der Waals surface area contributed by atoms with Gasteiger partial charge in [0.25, 0.3) is 0 Å². The Bertz CT molecular complexity index is 128. The van der Waals surface area contributed by atoms with Crippen molar-refractivity contribution < 1.29 is 4.74 Å². The van der Waals surface area contributed by atoms with E-state index in [2.05, 4.69) is 6.92 Å². The van der Waals surface area contributed by atoms with Crippen LogP contribution in [0.25, 0.3) is 0 Å². The zero-order valence-corrected chi connectivity index (χ0v) is 11.9. The molecule has 0 bridgehead atoms. The average molecular weight is 249 g/mol. The van der Waals surface area contributed by atoms with Gasteiger partial charge in [0.1, 0.15) is 0 Å². The zero-order chi connectivity index (χ0) is 12.1. The molecule has 0 N–H and O–H groups in total. The number of ether oxygens (including phenoxy) is 1. The SMILES string of the molecule is CCCCCCCCCCCC(Cl)COC. The van der Waals surface area contributed by atoms with Gasteiger partial charge in [-0.15, -0.1) is 11.6 Å². The third-order valence-electron chi connectivity index (χ3n) is 2.97. The molecule has 1 atom stereocenters. The summed E-state index contributed by atoms with van der Waals surface area (Å²) in [4.78, 5) is 0. The molecule has 2 heteroatoms. The number of hydrogen-bond acceptors (Lipinski definition) is 1. The molecule has 0 amide bonds. The normalized spacial score (nSPS) is 12.9. The van der Waals surface area contributed by atoms with Gasteiger partial charge in [0, 0.05) is 7.11 Å². The Morgan fingerprint density at radius 1 is 0.875 bits per heavy atom. The molecule has 0 radical (unpaired) electrons. The Balaban J connectivity index is 2.98. The highest BCUT2D eigenvalue weighted by Gasteiger charge is 2.02. The molecule has 0 aliphatic heterocycles. The van der Waals surface area contributed by atoms with Gasteiger partial charge in [0.05, 0.1) is 12.0 Å². The first-order chi connectivity index (χ1) is 7.81. The number of rotatable bonds is 12. The lowest BCUT2D eigenvalue weighted by Crippen LogP contribution is -2.06. The smallest absolute Gasteiger partial charge is 0.0626 e. The van der Waals surface area contributed by atoms with E-state index in [0.29, 0.717) is 6.61 Å². The number of hydrogen-bond donors (Lipinski definition) is 0. The molecule has 0 aromatic heterocycles. The van der Waals surface area contributed by atoms with Crippen LogP contribution in [0.5, 0.6) is 0 Å². The van der Waals surface area contributed by atoms with Crippen LogP contribution >= 0.6 is 11.6 Å². The molecular formula is C14H29ClO. The van der Waals surface area contributed by atoms with Crippen molar-refractivity contribution >= 4 is 11.6 Å². The molecule has 0 fully saturated rings. The molecule has 1 unspecified atom stereocenters. The van der Waals surface area contributed by atoms with Crippen LogP contribution in [0.1, 0.15) is 71.1 Å². The fourth-order valence-electron chi connectivity index (χ4n) is 1.94. The Labute approximate surface area is 107 Å². The van der Waals surface area contributed by atoms with Crippen LogP contribution in [0, 0.1) is 0 Å². The fourth-order valence-corrected chi connectivity index (χ4v) is 2.22. The first kappa shape index (κ1) is 16.2. The lowest BCUT2D eigenvalue weighted by molar-refractivity contribution is 0.194. The van der Waals surface area contributed by atoms with Crippen molar-refractivity contribution in [2.24, 2.45) is 0 Å². The highest BCUT2D eigenvalue weighted by Crippen LogP contribution is 2.13. The van der Waals surface area contributed by atoms with E-state index in [1.165, 1.54) is 57.8 Å². The summed E-state index contributed by atoms with van der Waals surface area (Å²) in [5.41, 5.74) is 0. The second-order valence-electron chi connectivity index (χ2n) is 4.67. The minimum atomic E-state index is 0.217. The topological polar surface area (TPSA) is 9.23 Å². The average Bonchev–Trinajstić information content (AvgIpc) is 2.27. The molecular weight excluding hydrogens is 220 g/mol. The maximum absolute atomic E-state index is 6.05. The Morgan fingerprint density at radius 3 is 1.88 bits per heavy atom. The van der Waals surface area contributed by atoms with Crippen LogP contribution in [0.2, 0.25) is 0 Å². The van der Waals surface area contributed by atoms with Crippen molar-refractivity contribution in [1.82, 2.24) is 0 Å². The standard InChI is InChI=1S/C14H29ClO/c1-3-4-5-6-7-8-9-10-11-12-14(15)13-16-2/h14H,3-13H2,1-2H3. The molecule has 0 aromatic carbocycles. The van der Waals surface area contributed by atoms with Gasteiger partial charge < -0.3 is 4.74 Å². The van der Waals surface area contributed by atoms with Crippen molar-refractivity contribution in [1.29, 1.82) is 0 Å². The van der Waals surface area contributed by atoms with Crippen molar-refractivity contribution in [3.63, 3.8) is 0 Å². The summed E-state index contributed by atoms with van der Waals surface area (Å²) in [7, 11) is 1.71. The van der Waals surface area contributed by atoms with Crippen LogP contribution in [-0.2, 0) is 4.74 Å². The minimum Gasteiger partial charge on any atom is -0.383 e. The van der Waals surface area contributed by atoms with E-state index in [9.17, 15) is 0 Å². The predicted molar refractivity (Wildman–Crippen MR) is 73.4 cm³/mol. The molecule has 16 heavy (non-hydrogen) atoms. The van der Waals surface area contributed by atoms with E-state index >= 15 is 0 Å². The van der Waals surface area contributed by atoms with E-state index in [1.807, 2.05) is 0 Å². The second-order valence-corrected chi connectivity index (χ2v) is 5.29. The first-order valence-corrected chi connectivity index (χ1v) is 7.38. The minimum absolute atomic E-state index is 0.217. The molecule has 0 spiro atoms. The second kappa shape index (κ2) is 13.3. The van der Waals surface area contributed by atoms with Crippen molar-refractivity contribution in [3.8, 4) is 0 Å². The van der Waals surface area contributed by atoms with E-state index in [-0.39, 0.29) is 5.38 Å². The monoisotopic (exact) mass is 248 g/mol. The number of halogens is 1. The van der Waals surface area contributed by atoms with Gasteiger partial charge in [-0.3, -0.25) is 0 Å². The summed E-state index contributed by atoms with van der Waals surface area (Å²) in [6, 6.07) is 0. The maximum Gasteiger partial charge on any atom is 0.0626 e. The third-order valence-corrected chi connectivity index (χ3v) is 3.31. The van der Waals surface area contributed by atoms with Gasteiger partial charge in [-0.1, -0.05) is 64.7 Å². The Kier molecular flexibility index (Phi) is 13.5. The molecule has 0 aliphatic carbocycles. The summed E-state index contributed by atoms with van der Waals surface area (Å²) < 4.78 is 5.00. The largest absolute Gasteiger partial charge is 0.383 e. The first-order valence-electron chi connectivity index (χ1n) is 6.94. The summed E-state index contributed by atoms with van der Waals surface area (Å²) in [6.07, 6.45) is 13.5. The third kappa shape index (κ3) is 12.3. The molecule has 0 aromatic rings. The molecule has 1 nitrogen and oxygen atoms in total. The summed E-state index contributed by atoms with van der Waals surface area (Å²) in [5.74, 6) is 0. The summed E-state index contributed by atoms with van der Waals surface area (Å²) in [6.45, 7) is 2.96. The van der Waals surface area contributed by atoms with E-state index in [1.54, 1.807) is 7.11 Å². The zero-order valence-electron chi connectivity index (χ0n) is 11.1. The fraction of sp³-hybridized carbons (Fsp3) is 1.00. The van der Waals surface area contributed by atoms with Crippen molar-refractivity contribution in [2.45, 2.75) is 76.5 Å². The van der Waals surface area contributed by atoms with Crippen LogP contribution in [0.15, 0.2) is 0 Å². The van der Waals surface area contributed by atoms with Gasteiger partial charge in [0.15, 0.2) is 0 Å². The Morgan fingerprint density at radius 2 is 1.38 bits per heavy atom. The molecule has 0 saturated carbocycles. The van der Waals surface area contributed by atoms with Gasteiger partial charge in [-0.2, -0.15) is 0 Å². The highest BCUT2D eigenvalue weighted by atomic mass is 35.5. The molecule has 0 heterocycles. The summed E-state index contributed by atoms with van der Waals surface area (Å²) in [5, 5.41) is 0.217. The number of alkyl halides is 1. The van der Waals surface area contributed by atoms with Gasteiger partial charge >= 0.3 is 0 Å². The van der Waals surface area contributed by atoms with Crippen LogP contribution in [0.4, 0.5) is 0 Å². The molecule has 0 rings (SSSR count). The van der Waals surface area contributed by atoms with E-state index in [0.717, 1.165) is 6.42 Å². The highest BCUT2D eigenvalue weighted by molar-refractivity contribution is 6.20. The van der Waals surface area contributed by atoms with Crippen LogP contribution in [0.3, 0.4) is 0 Å². The lowest BCUT2D eigenvalue weighted by Gasteiger charge is -2.07. The van der Waals surface area contributed by atoms with Gasteiger partial charge in [-0.05, 0) is 6.42 Å². The maximum atomic E-state index is 6.05. The molecule has 0 aliphatic rings. The number of methoxy groups -OCH3 is 1. The van der Waals surface area contributed by atoms with Gasteiger partial charge in [0.2, 0.25) is 0 Å². The predicted octanol–water partition coefficient (Wildman–Crippen LogP) is 5.16. The summed E-state index contributed by atoms with van der Waals surface area (Å²) >= 11 is 6.05. The van der Waals surface area contributed by atoms with Crippen molar-refractivity contribution in [2.75, 3.05) is 13.7 Å². The molecule has 98 valence electrons. The lowest BCUT2D eigenvalue weighted by atomic mass is 10.1. The van der Waals surface area contributed by atoms with E-state index in [4.69, 9.17) is 16.3 Å². The van der Waals surface area contributed by atoms with Crippen LogP contribution < -0.4 is 0 Å². The number of unbranched alkanes of at least 4 members (excludes halogenated alkanes) is 8. The Hall–Kier alpha value is 0.250. The molecule has 0 saturated heterocycles. The quantitative estimate of drug-likeness (QED) is 0.342. The van der Waals surface area contributed by atoms with E-state index < -0.39 is 0 Å². The van der Waals surface area contributed by atoms with Crippen molar-refractivity contribution in [3.05, 3.63) is 0 Å².